The lowest BCUT2D eigenvalue weighted by atomic mass is 9.93. The zero-order valence-electron chi connectivity index (χ0n) is 40.9. The molecule has 350 valence electrons. The van der Waals surface area contributed by atoms with E-state index in [1.54, 1.807) is 0 Å². The van der Waals surface area contributed by atoms with Crippen LogP contribution in [0.4, 0.5) is 34.1 Å². The van der Waals surface area contributed by atoms with Crippen LogP contribution in [-0.2, 0) is 0 Å². The van der Waals surface area contributed by atoms with Gasteiger partial charge in [-0.1, -0.05) is 212 Å². The predicted octanol–water partition coefficient (Wildman–Crippen LogP) is 21.2. The summed E-state index contributed by atoms with van der Waals surface area (Å²) in [5, 5.41) is 14.6. The van der Waals surface area contributed by atoms with Crippen LogP contribution in [0.2, 0.25) is 0 Å². The zero-order chi connectivity index (χ0) is 49.4. The summed E-state index contributed by atoms with van der Waals surface area (Å²) in [6.45, 7) is 0. The SMILES string of the molecule is c1ccc(-c2ccc(N(c3ccc4c5ccccc5c5ccccc5c5ccccc5c5cc6sc7ccccc7c6cc5c4c3)c3cccc4c3N(c3ccccc3)c3ccccc3-c3ccccc3-4)cc2)cc1. The molecular formula is C72H46N2S. The van der Waals surface area contributed by atoms with E-state index in [9.17, 15) is 0 Å². The van der Waals surface area contributed by atoms with Crippen molar-refractivity contribution >= 4 is 119 Å². The summed E-state index contributed by atoms with van der Waals surface area (Å²) in [4.78, 5) is 5.00. The molecule has 0 bridgehead atoms. The first-order valence-corrected chi connectivity index (χ1v) is 26.6. The van der Waals surface area contributed by atoms with Gasteiger partial charge in [-0.3, -0.25) is 0 Å². The van der Waals surface area contributed by atoms with Crippen LogP contribution in [0.25, 0.3) is 107 Å². The van der Waals surface area contributed by atoms with Gasteiger partial charge in [0, 0.05) is 48.4 Å². The van der Waals surface area contributed by atoms with Crippen LogP contribution in [0.3, 0.4) is 0 Å². The molecule has 0 N–H and O–H groups in total. The van der Waals surface area contributed by atoms with Crippen molar-refractivity contribution in [3.8, 4) is 33.4 Å². The Morgan fingerprint density at radius 2 is 0.733 bits per heavy atom. The third kappa shape index (κ3) is 7.01. The molecule has 0 spiro atoms. The highest BCUT2D eigenvalue weighted by Gasteiger charge is 2.31. The maximum absolute atomic E-state index is 2.51. The minimum Gasteiger partial charge on any atom is -0.308 e. The lowest BCUT2D eigenvalue weighted by Crippen LogP contribution is -2.17. The molecule has 75 heavy (non-hydrogen) atoms. The average molecular weight is 971 g/mol. The first kappa shape index (κ1) is 43.1. The van der Waals surface area contributed by atoms with Gasteiger partial charge >= 0.3 is 0 Å². The van der Waals surface area contributed by atoms with Gasteiger partial charge in [-0.25, -0.2) is 0 Å². The Balaban J connectivity index is 1.12. The van der Waals surface area contributed by atoms with Crippen molar-refractivity contribution in [2.24, 2.45) is 0 Å². The van der Waals surface area contributed by atoms with Crippen LogP contribution in [0.15, 0.2) is 279 Å². The van der Waals surface area contributed by atoms with Gasteiger partial charge in [0.1, 0.15) is 0 Å². The maximum atomic E-state index is 2.51. The number of para-hydroxylation sites is 3. The molecule has 14 aromatic rings. The molecule has 1 aliphatic heterocycles. The van der Waals surface area contributed by atoms with Crippen molar-refractivity contribution in [2.45, 2.75) is 0 Å². The molecule has 13 aromatic carbocycles. The maximum Gasteiger partial charge on any atom is 0.0781 e. The topological polar surface area (TPSA) is 6.48 Å². The van der Waals surface area contributed by atoms with E-state index in [1.165, 1.54) is 102 Å². The molecule has 3 heteroatoms. The van der Waals surface area contributed by atoms with Crippen LogP contribution in [0.1, 0.15) is 0 Å². The highest BCUT2D eigenvalue weighted by Crippen LogP contribution is 2.56. The fourth-order valence-electron chi connectivity index (χ4n) is 12.0. The monoisotopic (exact) mass is 970 g/mol. The molecule has 1 aliphatic rings. The van der Waals surface area contributed by atoms with Crippen molar-refractivity contribution in [1.29, 1.82) is 0 Å². The second-order valence-corrected chi connectivity index (χ2v) is 20.6. The number of thiophene rings is 1. The van der Waals surface area contributed by atoms with E-state index in [0.717, 1.165) is 39.7 Å². The normalized spacial score (nSPS) is 12.0. The number of fused-ring (bicyclic) bond motifs is 18. The molecule has 0 aliphatic carbocycles. The van der Waals surface area contributed by atoms with E-state index in [1.807, 2.05) is 11.3 Å². The fraction of sp³-hybridized carbons (Fsp3) is 0. The Kier molecular flexibility index (Phi) is 10.1. The zero-order valence-corrected chi connectivity index (χ0v) is 41.7. The summed E-state index contributed by atoms with van der Waals surface area (Å²) in [6, 6.07) is 104. The van der Waals surface area contributed by atoms with E-state index >= 15 is 0 Å². The number of hydrogen-bond acceptors (Lipinski definition) is 3. The Hall–Kier alpha value is -9.54. The van der Waals surface area contributed by atoms with Gasteiger partial charge in [0.2, 0.25) is 0 Å². The Morgan fingerprint density at radius 3 is 1.40 bits per heavy atom. The molecule has 2 nitrogen and oxygen atoms in total. The third-order valence-corrected chi connectivity index (χ3v) is 16.5. The molecule has 0 saturated heterocycles. The highest BCUT2D eigenvalue weighted by atomic mass is 32.1. The summed E-state index contributed by atoms with van der Waals surface area (Å²) in [7, 11) is 0. The first-order chi connectivity index (χ1) is 37.2. The van der Waals surface area contributed by atoms with E-state index in [2.05, 4.69) is 289 Å². The number of nitrogens with zero attached hydrogens (tertiary/aromatic N) is 2. The number of benzene rings is 12. The van der Waals surface area contributed by atoms with Crippen molar-refractivity contribution in [3.63, 3.8) is 0 Å². The molecule has 0 radical (unpaired) electrons. The van der Waals surface area contributed by atoms with Gasteiger partial charge < -0.3 is 9.80 Å². The molecule has 0 unspecified atom stereocenters. The number of rotatable bonds is 5. The lowest BCUT2D eigenvalue weighted by Gasteiger charge is -2.34. The molecule has 15 rings (SSSR count). The van der Waals surface area contributed by atoms with Gasteiger partial charge in [0.25, 0.3) is 0 Å². The quantitative estimate of drug-likeness (QED) is 0.170. The second kappa shape index (κ2) is 17.6. The van der Waals surface area contributed by atoms with Gasteiger partial charge in [0.15, 0.2) is 0 Å². The average Bonchev–Trinajstić information content (AvgIpc) is 3.85. The predicted molar refractivity (Wildman–Crippen MR) is 324 cm³/mol. The smallest absolute Gasteiger partial charge is 0.0781 e. The van der Waals surface area contributed by atoms with Crippen LogP contribution < -0.4 is 9.80 Å². The minimum absolute atomic E-state index is 1.05. The second-order valence-electron chi connectivity index (χ2n) is 19.5. The summed E-state index contributed by atoms with van der Waals surface area (Å²) in [6.07, 6.45) is 0. The molecular weight excluding hydrogens is 925 g/mol. The fourth-order valence-corrected chi connectivity index (χ4v) is 13.2. The Morgan fingerprint density at radius 1 is 0.267 bits per heavy atom. The Labute approximate surface area is 439 Å². The van der Waals surface area contributed by atoms with Crippen LogP contribution in [0.5, 0.6) is 0 Å². The van der Waals surface area contributed by atoms with Crippen molar-refractivity contribution < 1.29 is 0 Å². The van der Waals surface area contributed by atoms with Crippen molar-refractivity contribution in [1.82, 2.24) is 0 Å². The first-order valence-electron chi connectivity index (χ1n) is 25.7. The molecule has 0 saturated carbocycles. The van der Waals surface area contributed by atoms with Gasteiger partial charge in [-0.05, 0) is 143 Å². The van der Waals surface area contributed by atoms with E-state index in [0.29, 0.717) is 0 Å². The minimum atomic E-state index is 1.05. The molecule has 1 aromatic heterocycles. The number of hydrogen-bond donors (Lipinski definition) is 0. The van der Waals surface area contributed by atoms with Crippen molar-refractivity contribution in [3.05, 3.63) is 279 Å². The van der Waals surface area contributed by atoms with Crippen LogP contribution in [0, 0.1) is 0 Å². The standard InChI is InChI=1S/C72H46N2S/c1-3-20-47(21-4-1)48-38-40-50(41-39-48)73(69-36-19-34-63-58-30-13-12-29-57(58)61-32-15-17-35-68(61)74(72(63)69)49-22-5-2-6-23-49)51-42-43-60-56-28-10-9-26-54(56)52-24-7-8-25-53(52)55-27-11-14-31-59(55)66-46-71-67(45-65(66)64(60)44-51)62-33-16-18-37-70(62)75-71/h1-46H. The molecule has 0 amide bonds. The summed E-state index contributed by atoms with van der Waals surface area (Å²) in [5.41, 5.74) is 13.6. The lowest BCUT2D eigenvalue weighted by molar-refractivity contribution is 1.23. The summed E-state index contributed by atoms with van der Waals surface area (Å²) >= 11 is 1.88. The van der Waals surface area contributed by atoms with E-state index < -0.39 is 0 Å². The van der Waals surface area contributed by atoms with E-state index in [-0.39, 0.29) is 0 Å². The van der Waals surface area contributed by atoms with Crippen LogP contribution in [-0.4, -0.2) is 0 Å². The molecule has 2 heterocycles. The van der Waals surface area contributed by atoms with Gasteiger partial charge in [-0.2, -0.15) is 0 Å². The van der Waals surface area contributed by atoms with Gasteiger partial charge in [0.05, 0.1) is 17.1 Å². The molecule has 0 atom stereocenters. The summed E-state index contributed by atoms with van der Waals surface area (Å²) in [5.74, 6) is 0. The summed E-state index contributed by atoms with van der Waals surface area (Å²) < 4.78 is 2.57. The highest BCUT2D eigenvalue weighted by molar-refractivity contribution is 7.25. The van der Waals surface area contributed by atoms with E-state index in [4.69, 9.17) is 0 Å². The molecule has 0 fully saturated rings. The third-order valence-electron chi connectivity index (χ3n) is 15.4. The number of anilines is 6. The van der Waals surface area contributed by atoms with Crippen molar-refractivity contribution in [2.75, 3.05) is 9.80 Å². The Bertz CT molecular complexity index is 4650. The van der Waals surface area contributed by atoms with Crippen LogP contribution >= 0.6 is 11.3 Å². The largest absolute Gasteiger partial charge is 0.308 e. The van der Waals surface area contributed by atoms with Gasteiger partial charge in [-0.15, -0.1) is 11.3 Å².